The molecule has 0 aliphatic carbocycles. The third-order valence-corrected chi connectivity index (χ3v) is 7.18. The lowest BCUT2D eigenvalue weighted by Gasteiger charge is -2.22. The second-order valence-corrected chi connectivity index (χ2v) is 10.3. The smallest absolute Gasteiger partial charge is 0.322 e. The van der Waals surface area contributed by atoms with Crippen LogP contribution in [0.3, 0.4) is 0 Å². The molecule has 5 rings (SSSR count). The molecule has 0 radical (unpaired) electrons. The average molecular weight is 547 g/mol. The fourth-order valence-corrected chi connectivity index (χ4v) is 4.82. The summed E-state index contributed by atoms with van der Waals surface area (Å²) >= 11 is 0. The van der Waals surface area contributed by atoms with E-state index in [9.17, 15) is 18.0 Å². The van der Waals surface area contributed by atoms with Crippen molar-refractivity contribution in [3.63, 3.8) is 0 Å². The van der Waals surface area contributed by atoms with Gasteiger partial charge in [0.05, 0.1) is 11.8 Å². The first-order valence-corrected chi connectivity index (χ1v) is 12.9. The van der Waals surface area contributed by atoms with Gasteiger partial charge in [-0.05, 0) is 68.9 Å². The molecule has 1 aliphatic rings. The first-order chi connectivity index (χ1) is 19.1. The van der Waals surface area contributed by atoms with Crippen molar-refractivity contribution in [3.05, 3.63) is 88.2 Å². The van der Waals surface area contributed by atoms with Crippen molar-refractivity contribution in [2.24, 2.45) is 0 Å². The maximum atomic E-state index is 14.0. The lowest BCUT2D eigenvalue weighted by atomic mass is 10.0. The van der Waals surface area contributed by atoms with Crippen LogP contribution in [0, 0.1) is 18.8 Å². The number of carbonyl (C=O) groups is 1. The number of likely N-dealkylation sites (tertiary alicyclic amines) is 1. The minimum atomic E-state index is -4.54. The third kappa shape index (κ3) is 6.17. The Labute approximate surface area is 230 Å². The van der Waals surface area contributed by atoms with Gasteiger partial charge in [-0.2, -0.15) is 18.3 Å². The quantitative estimate of drug-likeness (QED) is 0.342. The molecular weight excluding hydrogens is 517 g/mol. The Morgan fingerprint density at radius 1 is 1.15 bits per heavy atom. The second-order valence-electron chi connectivity index (χ2n) is 10.3. The van der Waals surface area contributed by atoms with Gasteiger partial charge in [-0.15, -0.1) is 0 Å². The fourth-order valence-electron chi connectivity index (χ4n) is 4.82. The molecule has 10 heteroatoms. The van der Waals surface area contributed by atoms with Gasteiger partial charge in [0.2, 0.25) is 0 Å². The predicted molar refractivity (Wildman–Crippen MR) is 148 cm³/mol. The van der Waals surface area contributed by atoms with E-state index < -0.39 is 17.6 Å². The molecule has 1 atom stereocenters. The summed E-state index contributed by atoms with van der Waals surface area (Å²) in [5.74, 6) is 5.60. The molecule has 2 aromatic carbocycles. The summed E-state index contributed by atoms with van der Waals surface area (Å²) in [6.45, 7) is 3.54. The minimum Gasteiger partial charge on any atom is -0.322 e. The number of carbonyl (C=O) groups excluding carboxylic acids is 1. The Morgan fingerprint density at radius 2 is 1.98 bits per heavy atom. The van der Waals surface area contributed by atoms with Crippen LogP contribution in [0.2, 0.25) is 0 Å². The molecule has 40 heavy (non-hydrogen) atoms. The fraction of sp³-hybridized carbons (Fsp3) is 0.300. The second kappa shape index (κ2) is 11.1. The number of benzene rings is 2. The summed E-state index contributed by atoms with van der Waals surface area (Å²) in [5, 5.41) is 10.2. The Bertz CT molecular complexity index is 1620. The molecule has 1 saturated heterocycles. The molecule has 206 valence electrons. The van der Waals surface area contributed by atoms with Crippen LogP contribution < -0.4 is 5.32 Å². The highest BCUT2D eigenvalue weighted by atomic mass is 19.4. The van der Waals surface area contributed by atoms with Crippen molar-refractivity contribution < 1.29 is 18.0 Å². The van der Waals surface area contributed by atoms with Crippen molar-refractivity contribution in [3.8, 4) is 11.8 Å². The molecule has 0 spiro atoms. The monoisotopic (exact) mass is 546 g/mol. The summed E-state index contributed by atoms with van der Waals surface area (Å²) in [6, 6.07) is 11.2. The minimum absolute atomic E-state index is 0.0846. The Kier molecular flexibility index (Phi) is 7.61. The first kappa shape index (κ1) is 27.4. The van der Waals surface area contributed by atoms with E-state index in [0.717, 1.165) is 36.5 Å². The van der Waals surface area contributed by atoms with Gasteiger partial charge < -0.3 is 10.2 Å². The maximum absolute atomic E-state index is 14.0. The molecule has 7 nitrogen and oxygen atoms in total. The van der Waals surface area contributed by atoms with Crippen LogP contribution in [0.5, 0.6) is 0 Å². The van der Waals surface area contributed by atoms with Crippen LogP contribution in [0.1, 0.15) is 44.6 Å². The highest BCUT2D eigenvalue weighted by Gasteiger charge is 2.35. The molecule has 2 N–H and O–H groups in total. The van der Waals surface area contributed by atoms with Gasteiger partial charge in [0, 0.05) is 59.6 Å². The SMILES string of the molecule is Cc1ccc(C(=O)Nc2ccc(CN3CCC(N(C)C)C3)c(C(F)(F)F)c2)cc1C#Cc1cnc2[nH]ncc2c1. The zero-order valence-electron chi connectivity index (χ0n) is 22.4. The molecule has 3 heterocycles. The third-order valence-electron chi connectivity index (χ3n) is 7.18. The lowest BCUT2D eigenvalue weighted by molar-refractivity contribution is -0.138. The zero-order valence-corrected chi connectivity index (χ0v) is 22.4. The molecule has 1 aliphatic heterocycles. The van der Waals surface area contributed by atoms with Crippen LogP contribution in [0.4, 0.5) is 18.9 Å². The molecule has 1 unspecified atom stereocenters. The number of amides is 1. The summed E-state index contributed by atoms with van der Waals surface area (Å²) in [5.41, 5.74) is 2.68. The first-order valence-electron chi connectivity index (χ1n) is 12.9. The normalized spacial score (nSPS) is 15.8. The summed E-state index contributed by atoms with van der Waals surface area (Å²) < 4.78 is 42.0. The van der Waals surface area contributed by atoms with Crippen LogP contribution >= 0.6 is 0 Å². The summed E-state index contributed by atoms with van der Waals surface area (Å²) in [7, 11) is 3.96. The van der Waals surface area contributed by atoms with Gasteiger partial charge in [-0.1, -0.05) is 24.0 Å². The van der Waals surface area contributed by atoms with E-state index in [4.69, 9.17) is 0 Å². The van der Waals surface area contributed by atoms with Crippen LogP contribution in [-0.4, -0.2) is 64.1 Å². The summed E-state index contributed by atoms with van der Waals surface area (Å²) in [6.07, 6.45) is -0.335. The topological polar surface area (TPSA) is 77.2 Å². The van der Waals surface area contributed by atoms with Crippen molar-refractivity contribution in [2.75, 3.05) is 32.5 Å². The number of pyridine rings is 1. The van der Waals surface area contributed by atoms with E-state index in [2.05, 4.69) is 37.2 Å². The number of aryl methyl sites for hydroxylation is 1. The van der Waals surface area contributed by atoms with E-state index in [1.165, 1.54) is 12.1 Å². The number of aromatic amines is 1. The highest BCUT2D eigenvalue weighted by Crippen LogP contribution is 2.35. The van der Waals surface area contributed by atoms with E-state index in [1.807, 2.05) is 32.0 Å². The lowest BCUT2D eigenvalue weighted by Crippen LogP contribution is -2.31. The number of hydrogen-bond acceptors (Lipinski definition) is 5. The molecule has 0 saturated carbocycles. The van der Waals surface area contributed by atoms with Gasteiger partial charge in [0.1, 0.15) is 0 Å². The van der Waals surface area contributed by atoms with Gasteiger partial charge in [0.25, 0.3) is 5.91 Å². The van der Waals surface area contributed by atoms with Crippen molar-refractivity contribution in [2.45, 2.75) is 32.1 Å². The number of nitrogens with one attached hydrogen (secondary N) is 2. The molecule has 1 fully saturated rings. The van der Waals surface area contributed by atoms with Crippen molar-refractivity contribution >= 4 is 22.6 Å². The Balaban J connectivity index is 1.33. The highest BCUT2D eigenvalue weighted by molar-refractivity contribution is 6.04. The standard InChI is InChI=1S/C30H29F3N6O/c1-19-4-6-22(13-21(19)7-5-20-12-24-16-35-37-28(24)34-15-20)29(40)36-25-9-8-23(27(14-25)30(31,32)33)17-39-11-10-26(18-39)38(2)3/h4,6,8-9,12-16,26H,10-11,17-18H2,1-3H3,(H,36,40)(H,34,35,37). The maximum Gasteiger partial charge on any atom is 0.416 e. The van der Waals surface area contributed by atoms with E-state index in [1.54, 1.807) is 30.6 Å². The number of fused-ring (bicyclic) bond motifs is 1. The number of rotatable bonds is 5. The number of H-pyrrole nitrogens is 1. The number of halogens is 3. The van der Waals surface area contributed by atoms with Gasteiger partial charge in [-0.25, -0.2) is 4.98 Å². The van der Waals surface area contributed by atoms with Crippen molar-refractivity contribution in [1.82, 2.24) is 25.0 Å². The van der Waals surface area contributed by atoms with E-state index >= 15 is 0 Å². The molecule has 1 amide bonds. The van der Waals surface area contributed by atoms with Crippen LogP contribution in [0.25, 0.3) is 11.0 Å². The van der Waals surface area contributed by atoms with Crippen molar-refractivity contribution in [1.29, 1.82) is 0 Å². The average Bonchev–Trinajstić information content (AvgIpc) is 3.58. The number of likely N-dealkylation sites (N-methyl/N-ethyl adjacent to an activating group) is 1. The number of aromatic nitrogens is 3. The van der Waals surface area contributed by atoms with E-state index in [0.29, 0.717) is 28.4 Å². The number of nitrogens with zero attached hydrogens (tertiary/aromatic N) is 4. The predicted octanol–water partition coefficient (Wildman–Crippen LogP) is 5.07. The molecular formula is C30H29F3N6O. The Hall–Kier alpha value is -4.20. The molecule has 2 aromatic heterocycles. The Morgan fingerprint density at radius 3 is 2.73 bits per heavy atom. The van der Waals surface area contributed by atoms with Crippen LogP contribution in [0.15, 0.2) is 54.9 Å². The number of alkyl halides is 3. The van der Waals surface area contributed by atoms with Gasteiger partial charge in [0.15, 0.2) is 5.65 Å². The largest absolute Gasteiger partial charge is 0.416 e. The zero-order chi connectivity index (χ0) is 28.4. The van der Waals surface area contributed by atoms with Gasteiger partial charge >= 0.3 is 6.18 Å². The summed E-state index contributed by atoms with van der Waals surface area (Å²) in [4.78, 5) is 21.4. The molecule has 4 aromatic rings. The van der Waals surface area contributed by atoms with E-state index in [-0.39, 0.29) is 17.8 Å². The number of hydrogen-bond donors (Lipinski definition) is 2. The number of anilines is 1. The molecule has 0 bridgehead atoms. The van der Waals surface area contributed by atoms with Gasteiger partial charge in [-0.3, -0.25) is 14.8 Å². The van der Waals surface area contributed by atoms with Crippen LogP contribution in [-0.2, 0) is 12.7 Å².